The minimum absolute atomic E-state index is 0.664. The predicted octanol–water partition coefficient (Wildman–Crippen LogP) is 5.12. The molecule has 142 valence electrons. The van der Waals surface area contributed by atoms with Crippen LogP contribution in [0.4, 0.5) is 0 Å². The number of ether oxygens (including phenoxy) is 2. The number of nitrogens with zero attached hydrogens (tertiary/aromatic N) is 1. The fraction of sp³-hybridized carbons (Fsp3) is 0.348. The molecule has 1 aromatic heterocycles. The highest BCUT2D eigenvalue weighted by Crippen LogP contribution is 2.30. The first-order valence-electron chi connectivity index (χ1n) is 9.65. The number of hydrogen-bond donors (Lipinski definition) is 1. The Labute approximate surface area is 161 Å². The van der Waals surface area contributed by atoms with Crippen molar-refractivity contribution in [3.05, 3.63) is 66.5 Å². The van der Waals surface area contributed by atoms with Gasteiger partial charge in [-0.1, -0.05) is 67.1 Å². The second kappa shape index (κ2) is 10.7. The van der Waals surface area contributed by atoms with Crippen molar-refractivity contribution in [2.75, 3.05) is 26.9 Å². The molecule has 3 aromatic rings. The maximum Gasteiger partial charge on any atom is 0.107 e. The maximum absolute atomic E-state index is 5.52. The zero-order chi connectivity index (χ0) is 18.7. The van der Waals surface area contributed by atoms with Gasteiger partial charge in [-0.25, -0.2) is 4.98 Å². The summed E-state index contributed by atoms with van der Waals surface area (Å²) in [6.45, 7) is 2.14. The Morgan fingerprint density at radius 1 is 0.778 bits per heavy atom. The largest absolute Gasteiger partial charge is 0.382 e. The zero-order valence-corrected chi connectivity index (χ0v) is 16.0. The molecule has 0 radical (unpaired) electrons. The van der Waals surface area contributed by atoms with E-state index in [9.17, 15) is 0 Å². The summed E-state index contributed by atoms with van der Waals surface area (Å²) < 4.78 is 10.5. The first-order chi connectivity index (χ1) is 13.4. The van der Waals surface area contributed by atoms with E-state index >= 15 is 0 Å². The van der Waals surface area contributed by atoms with Crippen LogP contribution >= 0.6 is 0 Å². The van der Waals surface area contributed by atoms with Gasteiger partial charge in [-0.2, -0.15) is 0 Å². The molecule has 0 amide bonds. The normalized spacial score (nSPS) is 11.0. The Hall–Kier alpha value is -2.43. The van der Waals surface area contributed by atoms with E-state index in [1.165, 1.54) is 5.56 Å². The fourth-order valence-corrected chi connectivity index (χ4v) is 3.08. The van der Waals surface area contributed by atoms with E-state index in [0.29, 0.717) is 13.2 Å². The standard InChI is InChI=1S/C23H28N2O2/c1-26-17-18-27-16-10-4-9-15-21-24-22(19-11-5-2-6-12-19)23(25-21)20-13-7-3-8-14-20/h2-3,5-8,11-14H,4,9-10,15-18H2,1H3,(H,24,25). The van der Waals surface area contributed by atoms with E-state index in [-0.39, 0.29) is 0 Å². The van der Waals surface area contributed by atoms with Gasteiger partial charge in [0.2, 0.25) is 0 Å². The number of imidazole rings is 1. The van der Waals surface area contributed by atoms with Gasteiger partial charge >= 0.3 is 0 Å². The lowest BCUT2D eigenvalue weighted by molar-refractivity contribution is 0.0686. The summed E-state index contributed by atoms with van der Waals surface area (Å²) >= 11 is 0. The summed E-state index contributed by atoms with van der Waals surface area (Å²) in [4.78, 5) is 8.47. The summed E-state index contributed by atoms with van der Waals surface area (Å²) in [5.74, 6) is 1.05. The molecule has 4 nitrogen and oxygen atoms in total. The van der Waals surface area contributed by atoms with Crippen molar-refractivity contribution in [2.24, 2.45) is 0 Å². The third kappa shape index (κ3) is 5.78. The second-order valence-electron chi connectivity index (χ2n) is 6.55. The summed E-state index contributed by atoms with van der Waals surface area (Å²) in [7, 11) is 1.69. The molecule has 0 spiro atoms. The average molecular weight is 364 g/mol. The number of methoxy groups -OCH3 is 1. The van der Waals surface area contributed by atoms with Crippen molar-refractivity contribution in [2.45, 2.75) is 25.7 Å². The Morgan fingerprint density at radius 3 is 2.19 bits per heavy atom. The number of benzene rings is 2. The van der Waals surface area contributed by atoms with Crippen molar-refractivity contribution in [1.29, 1.82) is 0 Å². The highest BCUT2D eigenvalue weighted by molar-refractivity contribution is 5.78. The third-order valence-electron chi connectivity index (χ3n) is 4.50. The van der Waals surface area contributed by atoms with Crippen LogP contribution in [-0.2, 0) is 15.9 Å². The van der Waals surface area contributed by atoms with Crippen LogP contribution in [0.25, 0.3) is 22.5 Å². The number of unbranched alkanes of at least 4 members (excludes halogenated alkanes) is 2. The van der Waals surface area contributed by atoms with E-state index in [0.717, 1.165) is 55.1 Å². The minimum atomic E-state index is 0.664. The fourth-order valence-electron chi connectivity index (χ4n) is 3.08. The molecule has 1 heterocycles. The molecular formula is C23H28N2O2. The molecule has 0 aliphatic rings. The lowest BCUT2D eigenvalue weighted by atomic mass is 10.1. The van der Waals surface area contributed by atoms with Crippen molar-refractivity contribution in [3.8, 4) is 22.5 Å². The van der Waals surface area contributed by atoms with E-state index in [1.807, 2.05) is 12.1 Å². The topological polar surface area (TPSA) is 47.1 Å². The summed E-state index contributed by atoms with van der Waals surface area (Å²) in [6.07, 6.45) is 4.25. The molecule has 1 N–H and O–H groups in total. The van der Waals surface area contributed by atoms with Gasteiger partial charge in [0.1, 0.15) is 5.82 Å². The Kier molecular flexibility index (Phi) is 7.63. The molecule has 4 heteroatoms. The molecule has 0 aliphatic heterocycles. The predicted molar refractivity (Wildman–Crippen MR) is 110 cm³/mol. The summed E-state index contributed by atoms with van der Waals surface area (Å²) in [6, 6.07) is 20.8. The van der Waals surface area contributed by atoms with Crippen LogP contribution in [0.5, 0.6) is 0 Å². The SMILES string of the molecule is COCCOCCCCCc1nc(-c2ccccc2)c(-c2ccccc2)[nH]1. The molecule has 0 saturated heterocycles. The molecule has 0 atom stereocenters. The average Bonchev–Trinajstić information content (AvgIpc) is 3.15. The molecule has 0 fully saturated rings. The molecule has 27 heavy (non-hydrogen) atoms. The number of rotatable bonds is 11. The van der Waals surface area contributed by atoms with Crippen molar-refractivity contribution in [1.82, 2.24) is 9.97 Å². The highest BCUT2D eigenvalue weighted by Gasteiger charge is 2.13. The van der Waals surface area contributed by atoms with Gasteiger partial charge in [0.05, 0.1) is 24.6 Å². The molecule has 0 saturated carbocycles. The molecule has 0 bridgehead atoms. The van der Waals surface area contributed by atoms with Crippen LogP contribution in [0.1, 0.15) is 25.1 Å². The quantitative estimate of drug-likeness (QED) is 0.480. The van der Waals surface area contributed by atoms with Gasteiger partial charge in [0, 0.05) is 31.3 Å². The smallest absolute Gasteiger partial charge is 0.107 e. The van der Waals surface area contributed by atoms with Gasteiger partial charge in [-0.3, -0.25) is 0 Å². The summed E-state index contributed by atoms with van der Waals surface area (Å²) in [5.41, 5.74) is 4.44. The molecule has 3 rings (SSSR count). The number of hydrogen-bond acceptors (Lipinski definition) is 3. The molecule has 0 unspecified atom stereocenters. The monoisotopic (exact) mass is 364 g/mol. The van der Waals surface area contributed by atoms with E-state index < -0.39 is 0 Å². The number of nitrogens with one attached hydrogen (secondary N) is 1. The van der Waals surface area contributed by atoms with Crippen molar-refractivity contribution >= 4 is 0 Å². The number of aromatic nitrogens is 2. The van der Waals surface area contributed by atoms with E-state index in [2.05, 4.69) is 53.5 Å². The molecular weight excluding hydrogens is 336 g/mol. The Bertz CT molecular complexity index is 728. The first-order valence-corrected chi connectivity index (χ1v) is 9.65. The van der Waals surface area contributed by atoms with Crippen LogP contribution in [0.3, 0.4) is 0 Å². The highest BCUT2D eigenvalue weighted by atomic mass is 16.5. The van der Waals surface area contributed by atoms with Crippen molar-refractivity contribution < 1.29 is 9.47 Å². The van der Waals surface area contributed by atoms with Crippen LogP contribution < -0.4 is 0 Å². The van der Waals surface area contributed by atoms with Gasteiger partial charge in [0.15, 0.2) is 0 Å². The Morgan fingerprint density at radius 2 is 1.48 bits per heavy atom. The van der Waals surface area contributed by atoms with Crippen molar-refractivity contribution in [3.63, 3.8) is 0 Å². The minimum Gasteiger partial charge on any atom is -0.382 e. The van der Waals surface area contributed by atoms with Gasteiger partial charge in [-0.15, -0.1) is 0 Å². The summed E-state index contributed by atoms with van der Waals surface area (Å²) in [5, 5.41) is 0. The number of aryl methyl sites for hydroxylation is 1. The van der Waals surface area contributed by atoms with E-state index in [1.54, 1.807) is 7.11 Å². The zero-order valence-electron chi connectivity index (χ0n) is 16.0. The molecule has 2 aromatic carbocycles. The van der Waals surface area contributed by atoms with Crippen LogP contribution in [0.15, 0.2) is 60.7 Å². The molecule has 0 aliphatic carbocycles. The van der Waals surface area contributed by atoms with Crippen LogP contribution in [-0.4, -0.2) is 36.9 Å². The maximum atomic E-state index is 5.52. The lowest BCUT2D eigenvalue weighted by Gasteiger charge is -2.03. The lowest BCUT2D eigenvalue weighted by Crippen LogP contribution is -2.03. The third-order valence-corrected chi connectivity index (χ3v) is 4.50. The number of aromatic amines is 1. The van der Waals surface area contributed by atoms with Gasteiger partial charge < -0.3 is 14.5 Å². The first kappa shape index (κ1) is 19.3. The van der Waals surface area contributed by atoms with E-state index in [4.69, 9.17) is 14.5 Å². The van der Waals surface area contributed by atoms with Gasteiger partial charge in [0.25, 0.3) is 0 Å². The van der Waals surface area contributed by atoms with Gasteiger partial charge in [-0.05, 0) is 12.8 Å². The number of H-pyrrole nitrogens is 1. The van der Waals surface area contributed by atoms with Crippen LogP contribution in [0, 0.1) is 0 Å². The van der Waals surface area contributed by atoms with Crippen LogP contribution in [0.2, 0.25) is 0 Å². The Balaban J connectivity index is 1.62. The second-order valence-corrected chi connectivity index (χ2v) is 6.55.